The zero-order valence-corrected chi connectivity index (χ0v) is 19.8. The van der Waals surface area contributed by atoms with Crippen LogP contribution in [-0.2, 0) is 16.6 Å². The van der Waals surface area contributed by atoms with Crippen LogP contribution in [0.4, 0.5) is 0 Å². The highest BCUT2D eigenvalue weighted by Gasteiger charge is 2.22. The smallest absolute Gasteiger partial charge is 0.308 e. The monoisotopic (exact) mass is 448 g/mol. The van der Waals surface area contributed by atoms with Crippen LogP contribution < -0.4 is 14.3 Å². The number of aryl methyl sites for hydroxylation is 2. The maximum atomic E-state index is 13.1. The van der Waals surface area contributed by atoms with Crippen molar-refractivity contribution in [2.45, 2.75) is 58.0 Å². The number of hydrogen-bond acceptors (Lipinski definition) is 5. The molecule has 8 heteroatoms. The quantitative estimate of drug-likeness (QED) is 0.575. The van der Waals surface area contributed by atoms with Gasteiger partial charge in [0.1, 0.15) is 5.75 Å². The van der Waals surface area contributed by atoms with Gasteiger partial charge in [0.05, 0.1) is 22.2 Å². The van der Waals surface area contributed by atoms with Gasteiger partial charge in [0.25, 0.3) is 0 Å². The van der Waals surface area contributed by atoms with Crippen LogP contribution in [0.5, 0.6) is 5.75 Å². The summed E-state index contributed by atoms with van der Waals surface area (Å²) < 4.78 is 36.7. The molecular weight excluding hydrogens is 420 g/mol. The molecule has 2 aromatic carbocycles. The van der Waals surface area contributed by atoms with E-state index in [1.54, 1.807) is 29.9 Å². The number of sulfonamides is 1. The fourth-order valence-electron chi connectivity index (χ4n) is 3.69. The lowest BCUT2D eigenvalue weighted by Crippen LogP contribution is -2.27. The van der Waals surface area contributed by atoms with E-state index < -0.39 is 16.1 Å². The van der Waals surface area contributed by atoms with Crippen molar-refractivity contribution >= 4 is 31.6 Å². The van der Waals surface area contributed by atoms with Crippen molar-refractivity contribution in [1.82, 2.24) is 9.29 Å². The Morgan fingerprint density at radius 1 is 1.13 bits per heavy atom. The van der Waals surface area contributed by atoms with Crippen molar-refractivity contribution < 1.29 is 13.2 Å². The van der Waals surface area contributed by atoms with Crippen LogP contribution in [0.1, 0.15) is 56.3 Å². The SMILES string of the molecule is CCn1c(=O)sc2cc(S(=O)(=O)N[C@H](C)c3cc(C(C)C)c(OC)cc3C)ccc21. The maximum Gasteiger partial charge on any atom is 0.308 e. The third-order valence-electron chi connectivity index (χ3n) is 5.31. The highest BCUT2D eigenvalue weighted by Crippen LogP contribution is 2.32. The number of hydrogen-bond donors (Lipinski definition) is 1. The summed E-state index contributed by atoms with van der Waals surface area (Å²) in [5.41, 5.74) is 3.66. The third-order valence-corrected chi connectivity index (χ3v) is 7.79. The number of rotatable bonds is 7. The normalized spacial score (nSPS) is 13.2. The van der Waals surface area contributed by atoms with E-state index in [9.17, 15) is 13.2 Å². The van der Waals surface area contributed by atoms with Crippen LogP contribution in [0.3, 0.4) is 0 Å². The lowest BCUT2D eigenvalue weighted by molar-refractivity contribution is 0.406. The van der Waals surface area contributed by atoms with Gasteiger partial charge in [-0.1, -0.05) is 25.2 Å². The van der Waals surface area contributed by atoms with Gasteiger partial charge in [-0.05, 0) is 73.7 Å². The van der Waals surface area contributed by atoms with Crippen molar-refractivity contribution in [2.75, 3.05) is 7.11 Å². The summed E-state index contributed by atoms with van der Waals surface area (Å²) in [5, 5.41) is 0. The summed E-state index contributed by atoms with van der Waals surface area (Å²) in [6.45, 7) is 10.4. The van der Waals surface area contributed by atoms with Crippen molar-refractivity contribution in [3.63, 3.8) is 0 Å². The van der Waals surface area contributed by atoms with Gasteiger partial charge in [-0.15, -0.1) is 0 Å². The van der Waals surface area contributed by atoms with Crippen LogP contribution in [0.25, 0.3) is 10.2 Å². The number of aromatic nitrogens is 1. The van der Waals surface area contributed by atoms with Gasteiger partial charge in [0, 0.05) is 12.6 Å². The van der Waals surface area contributed by atoms with Crippen LogP contribution in [0, 0.1) is 6.92 Å². The Balaban J connectivity index is 1.96. The number of nitrogens with zero attached hydrogens (tertiary/aromatic N) is 1. The summed E-state index contributed by atoms with van der Waals surface area (Å²) in [4.78, 5) is 12.1. The number of nitrogens with one attached hydrogen (secondary N) is 1. The summed E-state index contributed by atoms with van der Waals surface area (Å²) in [5.74, 6) is 1.05. The first-order valence-corrected chi connectivity index (χ1v) is 12.2. The number of fused-ring (bicyclic) bond motifs is 1. The van der Waals surface area contributed by atoms with Crippen molar-refractivity contribution in [1.29, 1.82) is 0 Å². The Morgan fingerprint density at radius 2 is 1.83 bits per heavy atom. The fourth-order valence-corrected chi connectivity index (χ4v) is 6.01. The molecule has 0 spiro atoms. The average molecular weight is 449 g/mol. The second-order valence-corrected chi connectivity index (χ2v) is 10.4. The van der Waals surface area contributed by atoms with E-state index >= 15 is 0 Å². The minimum Gasteiger partial charge on any atom is -0.496 e. The van der Waals surface area contributed by atoms with Gasteiger partial charge in [-0.25, -0.2) is 13.1 Å². The summed E-state index contributed by atoms with van der Waals surface area (Å²) >= 11 is 1.06. The zero-order chi connectivity index (χ0) is 22.2. The van der Waals surface area contributed by atoms with Crippen molar-refractivity contribution in [2.24, 2.45) is 0 Å². The highest BCUT2D eigenvalue weighted by molar-refractivity contribution is 7.89. The molecule has 1 aromatic heterocycles. The molecule has 0 saturated carbocycles. The van der Waals surface area contributed by atoms with E-state index in [2.05, 4.69) is 18.6 Å². The largest absolute Gasteiger partial charge is 0.496 e. The molecule has 6 nitrogen and oxygen atoms in total. The average Bonchev–Trinajstić information content (AvgIpc) is 3.00. The molecule has 0 aliphatic heterocycles. The first kappa shape index (κ1) is 22.5. The molecule has 0 fully saturated rings. The first-order valence-electron chi connectivity index (χ1n) is 9.93. The number of methoxy groups -OCH3 is 1. The second kappa shape index (κ2) is 8.53. The second-order valence-electron chi connectivity index (χ2n) is 7.69. The zero-order valence-electron chi connectivity index (χ0n) is 18.1. The van der Waals surface area contributed by atoms with E-state index in [0.29, 0.717) is 11.2 Å². The predicted octanol–water partition coefficient (Wildman–Crippen LogP) is 4.56. The van der Waals surface area contributed by atoms with Gasteiger partial charge in [0.15, 0.2) is 0 Å². The van der Waals surface area contributed by atoms with Crippen molar-refractivity contribution in [3.8, 4) is 5.75 Å². The first-order chi connectivity index (χ1) is 14.1. The predicted molar refractivity (Wildman–Crippen MR) is 122 cm³/mol. The molecule has 3 rings (SSSR count). The van der Waals surface area contributed by atoms with Crippen LogP contribution >= 0.6 is 11.3 Å². The molecule has 0 aliphatic carbocycles. The molecule has 0 unspecified atom stereocenters. The molecule has 162 valence electrons. The molecule has 1 atom stereocenters. The third kappa shape index (κ3) is 4.17. The standard InChI is InChI=1S/C22H28N2O4S2/c1-7-24-19-9-8-16(11-21(19)29-22(24)25)30(26,27)23-15(5)18-12-17(13(2)3)20(28-6)10-14(18)4/h8-13,15,23H,7H2,1-6H3/t15-/m1/s1. The van der Waals surface area contributed by atoms with Gasteiger partial charge in [-0.2, -0.15) is 0 Å². The highest BCUT2D eigenvalue weighted by atomic mass is 32.2. The van der Waals surface area contributed by atoms with E-state index in [1.165, 1.54) is 0 Å². The maximum absolute atomic E-state index is 13.1. The van der Waals surface area contributed by atoms with E-state index in [-0.39, 0.29) is 15.7 Å². The van der Waals surface area contributed by atoms with E-state index in [0.717, 1.165) is 39.3 Å². The van der Waals surface area contributed by atoms with Gasteiger partial charge in [-0.3, -0.25) is 9.36 Å². The van der Waals surface area contributed by atoms with Gasteiger partial charge >= 0.3 is 4.87 Å². The number of ether oxygens (including phenoxy) is 1. The van der Waals surface area contributed by atoms with E-state index in [4.69, 9.17) is 4.74 Å². The number of thiazole rings is 1. The Kier molecular flexibility index (Phi) is 6.40. The van der Waals surface area contributed by atoms with Crippen LogP contribution in [0.15, 0.2) is 40.0 Å². The Morgan fingerprint density at radius 3 is 2.43 bits per heavy atom. The van der Waals surface area contributed by atoms with Crippen LogP contribution in [0.2, 0.25) is 0 Å². The minimum atomic E-state index is -3.76. The summed E-state index contributed by atoms with van der Waals surface area (Å²) in [7, 11) is -2.12. The lowest BCUT2D eigenvalue weighted by Gasteiger charge is -2.21. The molecule has 1 heterocycles. The topological polar surface area (TPSA) is 77.4 Å². The summed E-state index contributed by atoms with van der Waals surface area (Å²) in [6, 6.07) is 8.37. The molecule has 0 amide bonds. The molecule has 1 N–H and O–H groups in total. The molecule has 0 aliphatic rings. The molecular formula is C22H28N2O4S2. The molecule has 30 heavy (non-hydrogen) atoms. The molecule has 0 bridgehead atoms. The van der Waals surface area contributed by atoms with Crippen LogP contribution in [-0.4, -0.2) is 20.1 Å². The molecule has 3 aromatic rings. The van der Waals surface area contributed by atoms with E-state index in [1.807, 2.05) is 32.9 Å². The summed E-state index contributed by atoms with van der Waals surface area (Å²) in [6.07, 6.45) is 0. The van der Waals surface area contributed by atoms with Crippen molar-refractivity contribution in [3.05, 3.63) is 56.7 Å². The Bertz CT molecular complexity index is 1240. The lowest BCUT2D eigenvalue weighted by atomic mass is 9.94. The van der Waals surface area contributed by atoms with Gasteiger partial charge < -0.3 is 4.74 Å². The Hall–Kier alpha value is -2.16. The fraction of sp³-hybridized carbons (Fsp3) is 0.409. The van der Waals surface area contributed by atoms with Gasteiger partial charge in [0.2, 0.25) is 10.0 Å². The minimum absolute atomic E-state index is 0.0848. The molecule has 0 saturated heterocycles. The Labute approximate surface area is 181 Å². The number of benzene rings is 2. The molecule has 0 radical (unpaired) electrons.